The van der Waals surface area contributed by atoms with Gasteiger partial charge in [-0.3, -0.25) is 9.59 Å². The second-order valence-corrected chi connectivity index (χ2v) is 8.14. The Bertz CT molecular complexity index is 764. The van der Waals surface area contributed by atoms with Crippen molar-refractivity contribution in [2.45, 2.75) is 32.4 Å². The van der Waals surface area contributed by atoms with Gasteiger partial charge in [-0.2, -0.15) is 0 Å². The van der Waals surface area contributed by atoms with Crippen molar-refractivity contribution in [3.63, 3.8) is 0 Å². The average molecular weight is 383 g/mol. The molecule has 4 nitrogen and oxygen atoms in total. The normalized spacial score (nSPS) is 17.7. The molecule has 0 saturated carbocycles. The maximum atomic E-state index is 13.0. The molecule has 142 valence electrons. The summed E-state index contributed by atoms with van der Waals surface area (Å²) in [5.74, 6) is 1.10. The molecular weight excluding hydrogens is 356 g/mol. The summed E-state index contributed by atoms with van der Waals surface area (Å²) in [5, 5.41) is 3.20. The van der Waals surface area contributed by atoms with Crippen molar-refractivity contribution in [2.24, 2.45) is 5.92 Å². The van der Waals surface area contributed by atoms with Gasteiger partial charge in [-0.15, -0.1) is 11.8 Å². The molecule has 2 amide bonds. The van der Waals surface area contributed by atoms with Gasteiger partial charge in [0.1, 0.15) is 6.04 Å². The van der Waals surface area contributed by atoms with Crippen molar-refractivity contribution in [3.8, 4) is 0 Å². The lowest BCUT2D eigenvalue weighted by Crippen LogP contribution is -2.49. The van der Waals surface area contributed by atoms with Crippen LogP contribution in [-0.2, 0) is 16.0 Å². The lowest BCUT2D eigenvalue weighted by molar-refractivity contribution is -0.140. The van der Waals surface area contributed by atoms with Crippen molar-refractivity contribution in [2.75, 3.05) is 11.6 Å². The lowest BCUT2D eigenvalue weighted by atomic mass is 9.98. The third-order valence-corrected chi connectivity index (χ3v) is 5.78. The molecule has 27 heavy (non-hydrogen) atoms. The summed E-state index contributed by atoms with van der Waals surface area (Å²) < 4.78 is 0. The first kappa shape index (κ1) is 19.5. The van der Waals surface area contributed by atoms with Gasteiger partial charge in [0.25, 0.3) is 0 Å². The second-order valence-electron chi connectivity index (χ2n) is 7.14. The molecule has 1 heterocycles. The molecule has 2 aromatic carbocycles. The SMILES string of the molecule is CC(C)C(=O)N1CSCC1C(=O)NC(Cc1ccccc1)c1ccccc1. The highest BCUT2D eigenvalue weighted by Crippen LogP contribution is 2.25. The fraction of sp³-hybridized carbons (Fsp3) is 0.364. The summed E-state index contributed by atoms with van der Waals surface area (Å²) in [4.78, 5) is 27.2. The fourth-order valence-corrected chi connectivity index (χ4v) is 4.43. The predicted molar refractivity (Wildman–Crippen MR) is 110 cm³/mol. The Kier molecular flexibility index (Phi) is 6.56. The third kappa shape index (κ3) is 4.92. The Morgan fingerprint density at radius 2 is 1.70 bits per heavy atom. The Hall–Kier alpha value is -2.27. The maximum absolute atomic E-state index is 13.0. The molecular formula is C22H26N2O2S. The number of nitrogens with one attached hydrogen (secondary N) is 1. The van der Waals surface area contributed by atoms with Gasteiger partial charge in [-0.05, 0) is 17.5 Å². The van der Waals surface area contributed by atoms with Crippen molar-refractivity contribution in [1.82, 2.24) is 10.2 Å². The molecule has 1 aliphatic rings. The van der Waals surface area contributed by atoms with Crippen LogP contribution in [0.2, 0.25) is 0 Å². The monoisotopic (exact) mass is 382 g/mol. The minimum Gasteiger partial charge on any atom is -0.347 e. The number of amides is 2. The molecule has 2 atom stereocenters. The van der Waals surface area contributed by atoms with E-state index in [4.69, 9.17) is 0 Å². The molecule has 1 fully saturated rings. The van der Waals surface area contributed by atoms with Crippen molar-refractivity contribution < 1.29 is 9.59 Å². The van der Waals surface area contributed by atoms with E-state index < -0.39 is 6.04 Å². The molecule has 0 aliphatic carbocycles. The summed E-state index contributed by atoms with van der Waals surface area (Å²) >= 11 is 1.64. The van der Waals surface area contributed by atoms with Crippen LogP contribution < -0.4 is 5.32 Å². The Morgan fingerprint density at radius 1 is 1.07 bits per heavy atom. The topological polar surface area (TPSA) is 49.4 Å². The Balaban J connectivity index is 1.77. The molecule has 3 rings (SSSR count). The number of benzene rings is 2. The first-order valence-electron chi connectivity index (χ1n) is 9.33. The molecule has 2 aromatic rings. The summed E-state index contributed by atoms with van der Waals surface area (Å²) in [6.45, 7) is 3.75. The highest BCUT2D eigenvalue weighted by molar-refractivity contribution is 7.99. The van der Waals surface area contributed by atoms with Crippen LogP contribution in [-0.4, -0.2) is 34.4 Å². The van der Waals surface area contributed by atoms with Crippen molar-refractivity contribution >= 4 is 23.6 Å². The average Bonchev–Trinajstić information content (AvgIpc) is 3.18. The number of rotatable bonds is 6. The first-order chi connectivity index (χ1) is 13.1. The van der Waals surface area contributed by atoms with Crippen LogP contribution in [0.5, 0.6) is 0 Å². The van der Waals surface area contributed by atoms with Gasteiger partial charge in [0, 0.05) is 11.7 Å². The van der Waals surface area contributed by atoms with E-state index in [0.29, 0.717) is 18.1 Å². The molecule has 0 bridgehead atoms. The summed E-state index contributed by atoms with van der Waals surface area (Å²) in [7, 11) is 0. The highest BCUT2D eigenvalue weighted by atomic mass is 32.2. The standard InChI is InChI=1S/C22H26N2O2S/c1-16(2)22(26)24-15-27-14-20(24)21(25)23-19(18-11-7-4-8-12-18)13-17-9-5-3-6-10-17/h3-12,16,19-20H,13-15H2,1-2H3,(H,23,25). The number of carbonyl (C=O) groups is 2. The zero-order valence-electron chi connectivity index (χ0n) is 15.8. The van der Waals surface area contributed by atoms with Crippen molar-refractivity contribution in [3.05, 3.63) is 71.8 Å². The fourth-order valence-electron chi connectivity index (χ4n) is 3.26. The molecule has 1 saturated heterocycles. The van der Waals surface area contributed by atoms with E-state index in [-0.39, 0.29) is 23.8 Å². The Morgan fingerprint density at radius 3 is 2.33 bits per heavy atom. The zero-order chi connectivity index (χ0) is 19.2. The van der Waals surface area contributed by atoms with Crippen LogP contribution >= 0.6 is 11.8 Å². The predicted octanol–water partition coefficient (Wildman–Crippen LogP) is 3.64. The van der Waals surface area contributed by atoms with Crippen LogP contribution in [0.25, 0.3) is 0 Å². The van der Waals surface area contributed by atoms with E-state index in [1.807, 2.05) is 62.4 Å². The van der Waals surface area contributed by atoms with Gasteiger partial charge in [-0.25, -0.2) is 0 Å². The van der Waals surface area contributed by atoms with Crippen LogP contribution in [0.15, 0.2) is 60.7 Å². The molecule has 2 unspecified atom stereocenters. The van der Waals surface area contributed by atoms with E-state index in [1.165, 1.54) is 5.56 Å². The van der Waals surface area contributed by atoms with Gasteiger partial charge in [0.05, 0.1) is 11.9 Å². The molecule has 0 spiro atoms. The minimum absolute atomic E-state index is 0.0412. The maximum Gasteiger partial charge on any atom is 0.244 e. The van der Waals surface area contributed by atoms with Gasteiger partial charge in [-0.1, -0.05) is 74.5 Å². The Labute approximate surface area is 165 Å². The third-order valence-electron chi connectivity index (χ3n) is 4.76. The van der Waals surface area contributed by atoms with E-state index in [9.17, 15) is 9.59 Å². The summed E-state index contributed by atoms with van der Waals surface area (Å²) in [6.07, 6.45) is 0.717. The highest BCUT2D eigenvalue weighted by Gasteiger charge is 2.36. The van der Waals surface area contributed by atoms with Crippen LogP contribution in [0.4, 0.5) is 0 Å². The summed E-state index contributed by atoms with van der Waals surface area (Å²) in [5.41, 5.74) is 2.24. The van der Waals surface area contributed by atoms with E-state index in [1.54, 1.807) is 16.7 Å². The largest absolute Gasteiger partial charge is 0.347 e. The van der Waals surface area contributed by atoms with Gasteiger partial charge in [0.2, 0.25) is 11.8 Å². The minimum atomic E-state index is -0.396. The van der Waals surface area contributed by atoms with E-state index in [0.717, 1.165) is 5.56 Å². The molecule has 1 aliphatic heterocycles. The van der Waals surface area contributed by atoms with Crippen LogP contribution in [0, 0.1) is 5.92 Å². The van der Waals surface area contributed by atoms with Crippen LogP contribution in [0.1, 0.15) is 31.0 Å². The van der Waals surface area contributed by atoms with Crippen LogP contribution in [0.3, 0.4) is 0 Å². The second kappa shape index (κ2) is 9.09. The molecule has 1 N–H and O–H groups in total. The molecule has 0 aromatic heterocycles. The van der Waals surface area contributed by atoms with Gasteiger partial charge in [0.15, 0.2) is 0 Å². The van der Waals surface area contributed by atoms with E-state index in [2.05, 4.69) is 17.4 Å². The van der Waals surface area contributed by atoms with Gasteiger partial charge < -0.3 is 10.2 Å². The van der Waals surface area contributed by atoms with Gasteiger partial charge >= 0.3 is 0 Å². The number of thioether (sulfide) groups is 1. The first-order valence-corrected chi connectivity index (χ1v) is 10.5. The zero-order valence-corrected chi connectivity index (χ0v) is 16.6. The summed E-state index contributed by atoms with van der Waals surface area (Å²) in [6, 6.07) is 19.7. The number of nitrogens with zero attached hydrogens (tertiary/aromatic N) is 1. The molecule has 5 heteroatoms. The quantitative estimate of drug-likeness (QED) is 0.830. The smallest absolute Gasteiger partial charge is 0.244 e. The number of hydrogen-bond donors (Lipinski definition) is 1. The van der Waals surface area contributed by atoms with Crippen molar-refractivity contribution in [1.29, 1.82) is 0 Å². The molecule has 0 radical (unpaired) electrons. The lowest BCUT2D eigenvalue weighted by Gasteiger charge is -2.27. The van der Waals surface area contributed by atoms with E-state index >= 15 is 0 Å². The number of hydrogen-bond acceptors (Lipinski definition) is 3. The number of carbonyl (C=O) groups excluding carboxylic acids is 2.